The van der Waals surface area contributed by atoms with Gasteiger partial charge in [-0.15, -0.1) is 0 Å². The Bertz CT molecular complexity index is 760. The Morgan fingerprint density at radius 1 is 1.21 bits per heavy atom. The summed E-state index contributed by atoms with van der Waals surface area (Å²) in [6, 6.07) is 12.2. The van der Waals surface area contributed by atoms with Gasteiger partial charge in [0.1, 0.15) is 6.33 Å². The van der Waals surface area contributed by atoms with Gasteiger partial charge in [-0.3, -0.25) is 10.1 Å². The summed E-state index contributed by atoms with van der Waals surface area (Å²) in [7, 11) is 1.77. The van der Waals surface area contributed by atoms with Gasteiger partial charge in [-0.2, -0.15) is 5.10 Å². The van der Waals surface area contributed by atoms with Crippen LogP contribution in [-0.4, -0.2) is 39.3 Å². The van der Waals surface area contributed by atoms with Gasteiger partial charge in [0.25, 0.3) is 0 Å². The lowest BCUT2D eigenvalue weighted by molar-refractivity contribution is 0.665. The molecule has 3 aromatic rings. The first-order valence-corrected chi connectivity index (χ1v) is 7.85. The number of aliphatic imine (C=N–C) groups is 1. The highest BCUT2D eigenvalue weighted by atomic mass is 15.2. The van der Waals surface area contributed by atoms with Crippen LogP contribution < -0.4 is 10.6 Å². The lowest BCUT2D eigenvalue weighted by Gasteiger charge is -2.12. The van der Waals surface area contributed by atoms with Gasteiger partial charge in [0.15, 0.2) is 11.8 Å². The molecule has 0 radical (unpaired) electrons. The molecule has 24 heavy (non-hydrogen) atoms. The van der Waals surface area contributed by atoms with E-state index in [0.29, 0.717) is 6.54 Å². The van der Waals surface area contributed by atoms with Crippen molar-refractivity contribution in [2.24, 2.45) is 4.99 Å². The summed E-state index contributed by atoms with van der Waals surface area (Å²) in [6.45, 7) is 2.40. The van der Waals surface area contributed by atoms with Crippen LogP contribution in [0.15, 0.2) is 60.1 Å². The Kier molecular flexibility index (Phi) is 5.24. The maximum atomic E-state index is 4.25. The zero-order valence-electron chi connectivity index (χ0n) is 13.6. The Hall–Kier alpha value is -3.09. The first-order valence-electron chi connectivity index (χ1n) is 7.85. The van der Waals surface area contributed by atoms with Crippen molar-refractivity contribution in [2.45, 2.75) is 13.1 Å². The number of nitrogens with zero attached hydrogens (tertiary/aromatic N) is 4. The largest absolute Gasteiger partial charge is 0.355 e. The number of nitrogens with one attached hydrogen (secondary N) is 3. The molecule has 0 spiro atoms. The minimum absolute atomic E-state index is 0.686. The molecule has 0 aliphatic heterocycles. The van der Waals surface area contributed by atoms with Crippen LogP contribution in [0.4, 0.5) is 0 Å². The molecule has 0 saturated heterocycles. The molecule has 2 heterocycles. The van der Waals surface area contributed by atoms with Crippen molar-refractivity contribution < 1.29 is 0 Å². The third kappa shape index (κ3) is 4.22. The summed E-state index contributed by atoms with van der Waals surface area (Å²) in [5.41, 5.74) is 2.17. The fourth-order valence-electron chi connectivity index (χ4n) is 2.40. The van der Waals surface area contributed by atoms with Gasteiger partial charge in [0.2, 0.25) is 0 Å². The Morgan fingerprint density at radius 2 is 2.08 bits per heavy atom. The monoisotopic (exact) mass is 323 g/mol. The molecule has 1 aromatic carbocycles. The molecule has 3 rings (SSSR count). The van der Waals surface area contributed by atoms with Gasteiger partial charge in [-0.1, -0.05) is 18.2 Å². The van der Waals surface area contributed by atoms with Crippen molar-refractivity contribution in [2.75, 3.05) is 13.6 Å². The summed E-state index contributed by atoms with van der Waals surface area (Å²) in [6.07, 6.45) is 5.61. The van der Waals surface area contributed by atoms with Crippen LogP contribution in [-0.2, 0) is 13.1 Å². The Balaban J connectivity index is 1.51. The van der Waals surface area contributed by atoms with Crippen LogP contribution in [0.5, 0.6) is 0 Å². The summed E-state index contributed by atoms with van der Waals surface area (Å²) < 4.78 is 2.13. The topological polar surface area (TPSA) is 82.9 Å². The fourth-order valence-corrected chi connectivity index (χ4v) is 2.40. The molecule has 124 valence electrons. The molecule has 3 N–H and O–H groups in total. The molecule has 7 nitrogen and oxygen atoms in total. The second-order valence-corrected chi connectivity index (χ2v) is 5.31. The van der Waals surface area contributed by atoms with E-state index in [-0.39, 0.29) is 0 Å². The highest BCUT2D eigenvalue weighted by Gasteiger charge is 2.03. The fraction of sp³-hybridized carbons (Fsp3) is 0.235. The van der Waals surface area contributed by atoms with Gasteiger partial charge < -0.3 is 15.2 Å². The molecular formula is C17H21N7. The van der Waals surface area contributed by atoms with Gasteiger partial charge in [0, 0.05) is 44.6 Å². The van der Waals surface area contributed by atoms with Crippen LogP contribution in [0.1, 0.15) is 5.56 Å². The molecule has 0 aliphatic carbocycles. The number of H-pyrrole nitrogens is 1. The summed E-state index contributed by atoms with van der Waals surface area (Å²) in [5, 5.41) is 13.4. The normalized spacial score (nSPS) is 11.5. The third-order valence-electron chi connectivity index (χ3n) is 3.63. The van der Waals surface area contributed by atoms with E-state index in [1.807, 2.05) is 36.7 Å². The van der Waals surface area contributed by atoms with E-state index in [2.05, 4.69) is 47.5 Å². The van der Waals surface area contributed by atoms with Crippen LogP contribution >= 0.6 is 0 Å². The molecule has 0 unspecified atom stereocenters. The third-order valence-corrected chi connectivity index (χ3v) is 3.63. The maximum Gasteiger partial charge on any atom is 0.191 e. The first-order chi connectivity index (χ1) is 11.8. The molecule has 0 bridgehead atoms. The minimum atomic E-state index is 0.686. The number of aromatic amines is 1. The maximum absolute atomic E-state index is 4.25. The summed E-state index contributed by atoms with van der Waals surface area (Å²) >= 11 is 0. The SMILES string of the molecule is CN=C(NCCn1cccc1)NCc1cccc(-c2ncn[nH]2)c1. The van der Waals surface area contributed by atoms with Crippen molar-refractivity contribution in [1.29, 1.82) is 0 Å². The average Bonchev–Trinajstić information content (AvgIpc) is 3.31. The van der Waals surface area contributed by atoms with Crippen molar-refractivity contribution in [3.05, 3.63) is 60.7 Å². The standard InChI is InChI=1S/C17H21N7/c1-18-17(19-7-10-24-8-2-3-9-24)20-12-14-5-4-6-15(11-14)16-21-13-22-23-16/h2-6,8-9,11,13H,7,10,12H2,1H3,(H2,18,19,20)(H,21,22,23). The van der Waals surface area contributed by atoms with Crippen LogP contribution in [0, 0.1) is 0 Å². The Labute approximate surface area is 140 Å². The molecule has 0 atom stereocenters. The number of aromatic nitrogens is 4. The predicted molar refractivity (Wildman–Crippen MR) is 94.5 cm³/mol. The van der Waals surface area contributed by atoms with E-state index in [1.54, 1.807) is 7.05 Å². The van der Waals surface area contributed by atoms with E-state index in [9.17, 15) is 0 Å². The van der Waals surface area contributed by atoms with Gasteiger partial charge >= 0.3 is 0 Å². The molecule has 0 amide bonds. The molecule has 0 aliphatic rings. The smallest absolute Gasteiger partial charge is 0.191 e. The highest BCUT2D eigenvalue weighted by Crippen LogP contribution is 2.15. The molecular weight excluding hydrogens is 302 g/mol. The molecule has 0 fully saturated rings. The zero-order chi connectivity index (χ0) is 16.6. The van der Waals surface area contributed by atoms with Crippen LogP contribution in [0.2, 0.25) is 0 Å². The second-order valence-electron chi connectivity index (χ2n) is 5.31. The lowest BCUT2D eigenvalue weighted by atomic mass is 10.1. The van der Waals surface area contributed by atoms with Gasteiger partial charge in [0.05, 0.1) is 0 Å². The molecule has 7 heteroatoms. The summed E-state index contributed by atoms with van der Waals surface area (Å²) in [5.74, 6) is 1.55. The second kappa shape index (κ2) is 7.96. The van der Waals surface area contributed by atoms with E-state index in [0.717, 1.165) is 36.0 Å². The van der Waals surface area contributed by atoms with E-state index in [1.165, 1.54) is 6.33 Å². The van der Waals surface area contributed by atoms with Crippen molar-refractivity contribution >= 4 is 5.96 Å². The lowest BCUT2D eigenvalue weighted by Crippen LogP contribution is -2.38. The van der Waals surface area contributed by atoms with E-state index >= 15 is 0 Å². The average molecular weight is 323 g/mol. The number of guanidine groups is 1. The van der Waals surface area contributed by atoms with Crippen LogP contribution in [0.3, 0.4) is 0 Å². The van der Waals surface area contributed by atoms with Crippen molar-refractivity contribution in [1.82, 2.24) is 30.4 Å². The van der Waals surface area contributed by atoms with E-state index in [4.69, 9.17) is 0 Å². The predicted octanol–water partition coefficient (Wildman–Crippen LogP) is 1.64. The first kappa shape index (κ1) is 15.8. The van der Waals surface area contributed by atoms with Gasteiger partial charge in [-0.05, 0) is 23.8 Å². The van der Waals surface area contributed by atoms with Crippen molar-refractivity contribution in [3.8, 4) is 11.4 Å². The van der Waals surface area contributed by atoms with Gasteiger partial charge in [-0.25, -0.2) is 4.98 Å². The quantitative estimate of drug-likeness (QED) is 0.476. The Morgan fingerprint density at radius 3 is 2.83 bits per heavy atom. The molecule has 0 saturated carbocycles. The zero-order valence-corrected chi connectivity index (χ0v) is 13.6. The number of benzene rings is 1. The number of hydrogen-bond acceptors (Lipinski definition) is 3. The number of hydrogen-bond donors (Lipinski definition) is 3. The highest BCUT2D eigenvalue weighted by molar-refractivity contribution is 5.79. The van der Waals surface area contributed by atoms with E-state index < -0.39 is 0 Å². The minimum Gasteiger partial charge on any atom is -0.355 e. The summed E-state index contributed by atoms with van der Waals surface area (Å²) in [4.78, 5) is 8.43. The molecule has 2 aromatic heterocycles. The van der Waals surface area contributed by atoms with Crippen molar-refractivity contribution in [3.63, 3.8) is 0 Å². The van der Waals surface area contributed by atoms with Crippen LogP contribution in [0.25, 0.3) is 11.4 Å². The number of rotatable bonds is 6.